The lowest BCUT2D eigenvalue weighted by atomic mass is 9.39. The molecule has 0 bridgehead atoms. The summed E-state index contributed by atoms with van der Waals surface area (Å²) in [5, 5.41) is 43.5. The summed E-state index contributed by atoms with van der Waals surface area (Å²) in [6.45, 7) is 13.8. The molecule has 0 saturated heterocycles. The molecular weight excluding hydrogens is 472 g/mol. The smallest absolute Gasteiger partial charge is 0.202 e. The lowest BCUT2D eigenvalue weighted by Gasteiger charge is -2.63. The van der Waals surface area contributed by atoms with E-state index in [1.165, 1.54) is 26.8 Å². The van der Waals surface area contributed by atoms with Gasteiger partial charge in [0.05, 0.1) is 11.7 Å². The average molecular weight is 515 g/mol. The van der Waals surface area contributed by atoms with Crippen molar-refractivity contribution in [3.8, 4) is 0 Å². The first-order chi connectivity index (χ1) is 16.7. The molecule has 4 aliphatic carbocycles. The minimum atomic E-state index is -1.97. The zero-order chi connectivity index (χ0) is 28.1. The summed E-state index contributed by atoms with van der Waals surface area (Å²) in [7, 11) is 0. The molecule has 37 heavy (non-hydrogen) atoms. The van der Waals surface area contributed by atoms with E-state index in [2.05, 4.69) is 0 Å². The largest absolute Gasteiger partial charge is 0.505 e. The van der Waals surface area contributed by atoms with Crippen LogP contribution in [0.3, 0.4) is 0 Å². The summed E-state index contributed by atoms with van der Waals surface area (Å²) in [5.41, 5.74) is -6.63. The molecule has 2 fully saturated rings. The summed E-state index contributed by atoms with van der Waals surface area (Å²) in [4.78, 5) is 40.1. The van der Waals surface area contributed by atoms with E-state index in [0.717, 1.165) is 6.08 Å². The minimum absolute atomic E-state index is 0.0386. The van der Waals surface area contributed by atoms with Gasteiger partial charge in [0, 0.05) is 29.1 Å². The Morgan fingerprint density at radius 3 is 2.16 bits per heavy atom. The highest BCUT2D eigenvalue weighted by atomic mass is 16.3. The fraction of sp³-hybridized carbons (Fsp3) is 0.700. The molecule has 4 N–H and O–H groups in total. The third-order valence-corrected chi connectivity index (χ3v) is 10.8. The average Bonchev–Trinajstić information content (AvgIpc) is 2.96. The van der Waals surface area contributed by atoms with Crippen LogP contribution < -0.4 is 0 Å². The van der Waals surface area contributed by atoms with Crippen molar-refractivity contribution in [2.75, 3.05) is 0 Å². The highest BCUT2D eigenvalue weighted by molar-refractivity contribution is 6.00. The quantitative estimate of drug-likeness (QED) is 0.334. The van der Waals surface area contributed by atoms with E-state index in [-0.39, 0.29) is 42.0 Å². The van der Waals surface area contributed by atoms with Crippen LogP contribution in [0.2, 0.25) is 0 Å². The molecule has 0 radical (unpaired) electrons. The van der Waals surface area contributed by atoms with Gasteiger partial charge in [-0.25, -0.2) is 0 Å². The number of carbonyl (C=O) groups excluding carboxylic acids is 3. The Bertz CT molecular complexity index is 1140. The number of hydrogen-bond acceptors (Lipinski definition) is 7. The molecule has 204 valence electrons. The highest BCUT2D eigenvalue weighted by Gasteiger charge is 2.74. The highest BCUT2D eigenvalue weighted by Crippen LogP contribution is 2.73. The van der Waals surface area contributed by atoms with Crippen LogP contribution in [0.4, 0.5) is 0 Å². The van der Waals surface area contributed by atoms with E-state index in [4.69, 9.17) is 0 Å². The van der Waals surface area contributed by atoms with Crippen molar-refractivity contribution in [1.82, 2.24) is 0 Å². The van der Waals surface area contributed by atoms with Gasteiger partial charge in [-0.1, -0.05) is 52.8 Å². The summed E-state index contributed by atoms with van der Waals surface area (Å²) >= 11 is 0. The summed E-state index contributed by atoms with van der Waals surface area (Å²) in [6.07, 6.45) is 7.27. The first-order valence-corrected chi connectivity index (χ1v) is 13.2. The van der Waals surface area contributed by atoms with Crippen LogP contribution in [0.5, 0.6) is 0 Å². The SMILES string of the molecule is CC(C)(O)C=CC(=O)C(C)(O)C1C(O)CC2(C)C3C=CC4C(C=C(O)C(=O)C4(C)C)C3(C)C(=O)CC12C. The van der Waals surface area contributed by atoms with Crippen LogP contribution in [0.1, 0.15) is 68.2 Å². The molecule has 0 aliphatic heterocycles. The number of Topliss-reactive ketones (excluding diaryl/α,β-unsaturated/α-hetero) is 2. The molecule has 0 aromatic rings. The van der Waals surface area contributed by atoms with Gasteiger partial charge in [-0.2, -0.15) is 0 Å². The van der Waals surface area contributed by atoms with Crippen molar-refractivity contribution in [2.45, 2.75) is 85.5 Å². The van der Waals surface area contributed by atoms with Gasteiger partial charge in [-0.05, 0) is 62.0 Å². The van der Waals surface area contributed by atoms with Crippen LogP contribution in [0, 0.1) is 45.3 Å². The number of fused-ring (bicyclic) bond motifs is 5. The molecule has 0 aromatic carbocycles. The summed E-state index contributed by atoms with van der Waals surface area (Å²) < 4.78 is 0. The van der Waals surface area contributed by atoms with Crippen molar-refractivity contribution in [2.24, 2.45) is 45.3 Å². The van der Waals surface area contributed by atoms with Gasteiger partial charge in [0.2, 0.25) is 5.78 Å². The number of hydrogen-bond donors (Lipinski definition) is 4. The van der Waals surface area contributed by atoms with E-state index < -0.39 is 56.6 Å². The van der Waals surface area contributed by atoms with Gasteiger partial charge >= 0.3 is 0 Å². The fourth-order valence-corrected chi connectivity index (χ4v) is 8.54. The predicted octanol–water partition coefficient (Wildman–Crippen LogP) is 3.48. The monoisotopic (exact) mass is 514 g/mol. The Labute approximate surface area is 219 Å². The van der Waals surface area contributed by atoms with Crippen LogP contribution in [-0.2, 0) is 14.4 Å². The zero-order valence-corrected chi connectivity index (χ0v) is 23.2. The van der Waals surface area contributed by atoms with E-state index >= 15 is 0 Å². The van der Waals surface area contributed by atoms with E-state index in [1.807, 2.05) is 32.9 Å². The third kappa shape index (κ3) is 3.60. The minimum Gasteiger partial charge on any atom is -0.505 e. The maximum absolute atomic E-state index is 14.2. The number of rotatable bonds is 4. The topological polar surface area (TPSA) is 132 Å². The molecule has 0 amide bonds. The van der Waals surface area contributed by atoms with Crippen molar-refractivity contribution >= 4 is 17.3 Å². The van der Waals surface area contributed by atoms with Crippen LogP contribution in [0.25, 0.3) is 0 Å². The number of aliphatic hydroxyl groups excluding tert-OH is 2. The maximum Gasteiger partial charge on any atom is 0.202 e. The van der Waals surface area contributed by atoms with Gasteiger partial charge in [0.1, 0.15) is 11.4 Å². The predicted molar refractivity (Wildman–Crippen MR) is 138 cm³/mol. The Kier molecular flexibility index (Phi) is 6.01. The number of ketones is 3. The Hall–Kier alpha value is -2.09. The molecule has 7 nitrogen and oxygen atoms in total. The number of aliphatic hydroxyl groups is 4. The molecule has 7 heteroatoms. The number of allylic oxidation sites excluding steroid dienone is 4. The molecule has 0 heterocycles. The molecule has 0 spiro atoms. The second-order valence-electron chi connectivity index (χ2n) is 14.0. The first kappa shape index (κ1) is 27.9. The molecule has 0 aromatic heterocycles. The molecule has 9 atom stereocenters. The van der Waals surface area contributed by atoms with Gasteiger partial charge in [-0.3, -0.25) is 14.4 Å². The van der Waals surface area contributed by atoms with Crippen LogP contribution in [-0.4, -0.2) is 55.1 Å². The molecule has 9 unspecified atom stereocenters. The van der Waals surface area contributed by atoms with E-state index in [0.29, 0.717) is 0 Å². The standard InChI is InChI=1S/C30H42O7/c1-25(2,36)12-11-21(33)30(8,37)23-19(32)14-27(5)20-10-9-16-17(13-18(31)24(35)26(16,3)4)29(20,7)22(34)15-28(23,27)6/h9-13,16-17,19-20,23,31-32,36-37H,14-15H2,1-8H3. The zero-order valence-electron chi connectivity index (χ0n) is 23.2. The Morgan fingerprint density at radius 2 is 1.59 bits per heavy atom. The van der Waals surface area contributed by atoms with E-state index in [1.54, 1.807) is 19.9 Å². The van der Waals surface area contributed by atoms with Crippen molar-refractivity contribution in [3.63, 3.8) is 0 Å². The van der Waals surface area contributed by atoms with Crippen LogP contribution >= 0.6 is 0 Å². The second-order valence-corrected chi connectivity index (χ2v) is 14.0. The first-order valence-electron chi connectivity index (χ1n) is 13.2. The lowest BCUT2D eigenvalue weighted by molar-refractivity contribution is -0.178. The summed E-state index contributed by atoms with van der Waals surface area (Å²) in [5.74, 6) is -3.31. The Morgan fingerprint density at radius 1 is 1.00 bits per heavy atom. The lowest BCUT2D eigenvalue weighted by Crippen LogP contribution is -2.65. The normalized spacial score (nSPS) is 44.6. The van der Waals surface area contributed by atoms with Gasteiger partial charge < -0.3 is 20.4 Å². The Balaban J connectivity index is 1.82. The number of carbonyl (C=O) groups is 3. The van der Waals surface area contributed by atoms with E-state index in [9.17, 15) is 34.8 Å². The molecule has 4 aliphatic rings. The van der Waals surface area contributed by atoms with Crippen molar-refractivity contribution in [1.29, 1.82) is 0 Å². The van der Waals surface area contributed by atoms with Gasteiger partial charge in [-0.15, -0.1) is 0 Å². The molecule has 4 rings (SSSR count). The molecular formula is C30H42O7. The van der Waals surface area contributed by atoms with Crippen molar-refractivity contribution < 1.29 is 34.8 Å². The third-order valence-electron chi connectivity index (χ3n) is 10.8. The van der Waals surface area contributed by atoms with Crippen LogP contribution in [0.15, 0.2) is 36.1 Å². The fourth-order valence-electron chi connectivity index (χ4n) is 8.54. The van der Waals surface area contributed by atoms with Crippen molar-refractivity contribution in [3.05, 3.63) is 36.1 Å². The van der Waals surface area contributed by atoms with Gasteiger partial charge in [0.15, 0.2) is 11.5 Å². The second kappa shape index (κ2) is 7.96. The summed E-state index contributed by atoms with van der Waals surface area (Å²) in [6, 6.07) is 0. The van der Waals surface area contributed by atoms with Gasteiger partial charge in [0.25, 0.3) is 0 Å². The maximum atomic E-state index is 14.2. The molecule has 2 saturated carbocycles.